The van der Waals surface area contributed by atoms with Gasteiger partial charge in [-0.05, 0) is 36.8 Å². The van der Waals surface area contributed by atoms with Crippen LogP contribution >= 0.6 is 0 Å². The van der Waals surface area contributed by atoms with Gasteiger partial charge in [0.1, 0.15) is 23.8 Å². The van der Waals surface area contributed by atoms with Crippen molar-refractivity contribution < 1.29 is 13.9 Å². The lowest BCUT2D eigenvalue weighted by Crippen LogP contribution is -2.44. The van der Waals surface area contributed by atoms with E-state index in [0.29, 0.717) is 31.0 Å². The molecule has 5 rings (SSSR count). The van der Waals surface area contributed by atoms with Crippen LogP contribution < -0.4 is 4.74 Å². The summed E-state index contributed by atoms with van der Waals surface area (Å²) in [6.45, 7) is 3.20. The monoisotopic (exact) mass is 395 g/mol. The Hall–Kier alpha value is -2.84. The molecular formula is C21H22FN5O2. The van der Waals surface area contributed by atoms with Gasteiger partial charge in [-0.15, -0.1) is 10.2 Å². The van der Waals surface area contributed by atoms with Crippen LogP contribution in [0.2, 0.25) is 0 Å². The summed E-state index contributed by atoms with van der Waals surface area (Å²) in [4.78, 5) is 6.43. The third-order valence-corrected chi connectivity index (χ3v) is 5.74. The number of likely N-dealkylation sites (tertiary alicyclic amines) is 1. The van der Waals surface area contributed by atoms with Crippen LogP contribution in [-0.2, 0) is 24.4 Å². The lowest BCUT2D eigenvalue weighted by atomic mass is 10.0. The van der Waals surface area contributed by atoms with E-state index in [1.54, 1.807) is 31.6 Å². The van der Waals surface area contributed by atoms with E-state index in [-0.39, 0.29) is 11.4 Å². The molecule has 150 valence electrons. The van der Waals surface area contributed by atoms with Crippen molar-refractivity contribution in [3.05, 3.63) is 59.9 Å². The van der Waals surface area contributed by atoms with Gasteiger partial charge in [0.25, 0.3) is 0 Å². The molecule has 8 heteroatoms. The first kappa shape index (κ1) is 18.2. The van der Waals surface area contributed by atoms with Crippen LogP contribution in [0.25, 0.3) is 11.4 Å². The predicted molar refractivity (Wildman–Crippen MR) is 104 cm³/mol. The third kappa shape index (κ3) is 3.38. The SMILES string of the molecule is COc1ccc(F)c(CN2CCC3(C2)Cn2c(nnc2-c2cccnc2)CO3)c1. The molecule has 1 unspecified atom stereocenters. The molecular weight excluding hydrogens is 373 g/mol. The zero-order valence-electron chi connectivity index (χ0n) is 16.2. The van der Waals surface area contributed by atoms with Gasteiger partial charge in [0.15, 0.2) is 11.6 Å². The van der Waals surface area contributed by atoms with Crippen molar-refractivity contribution in [3.63, 3.8) is 0 Å². The smallest absolute Gasteiger partial charge is 0.165 e. The molecule has 0 aliphatic carbocycles. The highest BCUT2D eigenvalue weighted by Gasteiger charge is 2.43. The standard InChI is InChI=1S/C21H22FN5O2/c1-28-17-4-5-18(22)16(9-17)11-26-8-6-21(13-26)14-27-19(12-29-21)24-25-20(27)15-3-2-7-23-10-15/h2-5,7,9-10H,6,8,11-14H2,1H3. The number of halogens is 1. The summed E-state index contributed by atoms with van der Waals surface area (Å²) in [5.74, 6) is 2.09. The van der Waals surface area contributed by atoms with E-state index in [1.807, 2.05) is 12.1 Å². The van der Waals surface area contributed by atoms with Gasteiger partial charge in [-0.25, -0.2) is 4.39 Å². The molecule has 4 heterocycles. The third-order valence-electron chi connectivity index (χ3n) is 5.74. The molecule has 1 saturated heterocycles. The molecule has 1 spiro atoms. The zero-order valence-corrected chi connectivity index (χ0v) is 16.2. The maximum absolute atomic E-state index is 14.2. The number of nitrogens with zero attached hydrogens (tertiary/aromatic N) is 5. The Bertz CT molecular complexity index is 1030. The lowest BCUT2D eigenvalue weighted by Gasteiger charge is -2.34. The summed E-state index contributed by atoms with van der Waals surface area (Å²) in [5.41, 5.74) is 1.26. The first-order chi connectivity index (χ1) is 14.2. The normalized spacial score (nSPS) is 21.4. The van der Waals surface area contributed by atoms with Gasteiger partial charge in [-0.2, -0.15) is 0 Å². The molecule has 7 nitrogen and oxygen atoms in total. The minimum absolute atomic E-state index is 0.212. The van der Waals surface area contributed by atoms with E-state index >= 15 is 0 Å². The molecule has 0 radical (unpaired) electrons. The Morgan fingerprint density at radius 2 is 2.17 bits per heavy atom. The van der Waals surface area contributed by atoms with Crippen molar-refractivity contribution in [1.29, 1.82) is 0 Å². The number of ether oxygens (including phenoxy) is 2. The van der Waals surface area contributed by atoms with Gasteiger partial charge in [-0.1, -0.05) is 0 Å². The highest BCUT2D eigenvalue weighted by atomic mass is 19.1. The van der Waals surface area contributed by atoms with E-state index in [9.17, 15) is 4.39 Å². The van der Waals surface area contributed by atoms with Crippen LogP contribution in [-0.4, -0.2) is 50.4 Å². The van der Waals surface area contributed by atoms with Gasteiger partial charge in [0.05, 0.1) is 13.7 Å². The van der Waals surface area contributed by atoms with Crippen molar-refractivity contribution in [1.82, 2.24) is 24.6 Å². The number of pyridine rings is 1. The van der Waals surface area contributed by atoms with Crippen molar-refractivity contribution in [3.8, 4) is 17.1 Å². The van der Waals surface area contributed by atoms with E-state index in [2.05, 4.69) is 24.6 Å². The Kier molecular flexibility index (Phi) is 4.52. The van der Waals surface area contributed by atoms with Crippen molar-refractivity contribution in [2.24, 2.45) is 0 Å². The summed E-state index contributed by atoms with van der Waals surface area (Å²) in [7, 11) is 1.59. The zero-order chi connectivity index (χ0) is 19.8. The van der Waals surface area contributed by atoms with Crippen molar-refractivity contribution in [2.45, 2.75) is 31.7 Å². The van der Waals surface area contributed by atoms with Crippen LogP contribution in [0.1, 0.15) is 17.8 Å². The van der Waals surface area contributed by atoms with Gasteiger partial charge in [0.2, 0.25) is 0 Å². The molecule has 0 amide bonds. The Morgan fingerprint density at radius 1 is 1.24 bits per heavy atom. The quantitative estimate of drug-likeness (QED) is 0.677. The lowest BCUT2D eigenvalue weighted by molar-refractivity contribution is -0.0821. The second-order valence-corrected chi connectivity index (χ2v) is 7.66. The Morgan fingerprint density at radius 3 is 3.00 bits per heavy atom. The second kappa shape index (κ2) is 7.20. The number of fused-ring (bicyclic) bond motifs is 1. The molecule has 1 atom stereocenters. The Balaban J connectivity index is 1.35. The molecule has 2 aromatic heterocycles. The van der Waals surface area contributed by atoms with Crippen LogP contribution in [0.15, 0.2) is 42.7 Å². The Labute approximate surface area is 168 Å². The summed E-state index contributed by atoms with van der Waals surface area (Å²) < 4.78 is 27.9. The van der Waals surface area contributed by atoms with Crippen LogP contribution in [0.4, 0.5) is 4.39 Å². The summed E-state index contributed by atoms with van der Waals surface area (Å²) in [5, 5.41) is 8.64. The molecule has 1 fully saturated rings. The first-order valence-corrected chi connectivity index (χ1v) is 9.67. The number of methoxy groups -OCH3 is 1. The number of aromatic nitrogens is 4. The highest BCUT2D eigenvalue weighted by Crippen LogP contribution is 2.35. The van der Waals surface area contributed by atoms with E-state index in [1.165, 1.54) is 6.07 Å². The molecule has 1 aromatic carbocycles. The highest BCUT2D eigenvalue weighted by molar-refractivity contribution is 5.53. The fourth-order valence-electron chi connectivity index (χ4n) is 4.22. The second-order valence-electron chi connectivity index (χ2n) is 7.66. The summed E-state index contributed by atoms with van der Waals surface area (Å²) >= 11 is 0. The van der Waals surface area contributed by atoms with Gasteiger partial charge < -0.3 is 14.0 Å². The number of benzene rings is 1. The maximum Gasteiger partial charge on any atom is 0.165 e. The summed E-state index contributed by atoms with van der Waals surface area (Å²) in [6.07, 6.45) is 4.42. The van der Waals surface area contributed by atoms with Gasteiger partial charge in [0, 0.05) is 43.2 Å². The molecule has 0 N–H and O–H groups in total. The van der Waals surface area contributed by atoms with E-state index in [0.717, 1.165) is 36.7 Å². The number of hydrogen-bond acceptors (Lipinski definition) is 6. The van der Waals surface area contributed by atoms with Gasteiger partial charge >= 0.3 is 0 Å². The van der Waals surface area contributed by atoms with Crippen LogP contribution in [0.3, 0.4) is 0 Å². The molecule has 3 aromatic rings. The average molecular weight is 395 g/mol. The molecule has 0 saturated carbocycles. The van der Waals surface area contributed by atoms with Crippen LogP contribution in [0, 0.1) is 5.82 Å². The van der Waals surface area contributed by atoms with Crippen molar-refractivity contribution >= 4 is 0 Å². The number of rotatable bonds is 4. The van der Waals surface area contributed by atoms with Crippen LogP contribution in [0.5, 0.6) is 5.75 Å². The fraction of sp³-hybridized carbons (Fsp3) is 0.381. The summed E-state index contributed by atoms with van der Waals surface area (Å²) in [6, 6.07) is 8.74. The van der Waals surface area contributed by atoms with Gasteiger partial charge in [-0.3, -0.25) is 9.88 Å². The van der Waals surface area contributed by atoms with E-state index in [4.69, 9.17) is 9.47 Å². The largest absolute Gasteiger partial charge is 0.497 e. The molecule has 2 aliphatic rings. The maximum atomic E-state index is 14.2. The fourth-order valence-corrected chi connectivity index (χ4v) is 4.22. The molecule has 0 bridgehead atoms. The predicted octanol–water partition coefficient (Wildman–Crippen LogP) is 2.66. The minimum Gasteiger partial charge on any atom is -0.497 e. The average Bonchev–Trinajstić information content (AvgIpc) is 3.34. The number of hydrogen-bond donors (Lipinski definition) is 0. The van der Waals surface area contributed by atoms with E-state index < -0.39 is 0 Å². The van der Waals surface area contributed by atoms with Crippen molar-refractivity contribution in [2.75, 3.05) is 20.2 Å². The molecule has 2 aliphatic heterocycles. The minimum atomic E-state index is -0.318. The first-order valence-electron chi connectivity index (χ1n) is 9.67. The topological polar surface area (TPSA) is 65.3 Å². The molecule has 29 heavy (non-hydrogen) atoms.